The van der Waals surface area contributed by atoms with Gasteiger partial charge in [0.1, 0.15) is 5.01 Å². The fourth-order valence-corrected chi connectivity index (χ4v) is 2.93. The fourth-order valence-electron chi connectivity index (χ4n) is 2.20. The number of nitrogens with zero attached hydrogens (tertiary/aromatic N) is 1. The van der Waals surface area contributed by atoms with Crippen molar-refractivity contribution in [2.75, 3.05) is 6.54 Å². The van der Waals surface area contributed by atoms with Gasteiger partial charge in [0.05, 0.1) is 5.54 Å². The molecule has 1 saturated heterocycles. The van der Waals surface area contributed by atoms with Crippen LogP contribution in [0.4, 0.5) is 0 Å². The maximum absolute atomic E-state index is 11.5. The van der Waals surface area contributed by atoms with Crippen molar-refractivity contribution in [3.8, 4) is 0 Å². The van der Waals surface area contributed by atoms with Crippen molar-refractivity contribution in [3.05, 3.63) is 16.6 Å². The van der Waals surface area contributed by atoms with E-state index in [1.54, 1.807) is 11.3 Å². The first kappa shape index (κ1) is 12.5. The summed E-state index contributed by atoms with van der Waals surface area (Å²) in [6.45, 7) is 5.04. The largest absolute Gasteiger partial charge is 0.356 e. The Bertz CT molecular complexity index is 375. The summed E-state index contributed by atoms with van der Waals surface area (Å²) < 4.78 is 0. The van der Waals surface area contributed by atoms with Crippen LogP contribution >= 0.6 is 11.3 Å². The Morgan fingerprint density at radius 1 is 1.59 bits per heavy atom. The highest BCUT2D eigenvalue weighted by molar-refractivity contribution is 7.09. The number of carbonyl (C=O) groups excluding carboxylic acids is 1. The molecular formula is C12H19N3OS. The number of nitrogens with one attached hydrogen (secondary N) is 2. The lowest BCUT2D eigenvalue weighted by atomic mass is 10.0. The highest BCUT2D eigenvalue weighted by atomic mass is 32.1. The van der Waals surface area contributed by atoms with Gasteiger partial charge in [-0.3, -0.25) is 4.79 Å². The summed E-state index contributed by atoms with van der Waals surface area (Å²) >= 11 is 1.65. The van der Waals surface area contributed by atoms with E-state index in [4.69, 9.17) is 0 Å². The van der Waals surface area contributed by atoms with Gasteiger partial charge < -0.3 is 10.6 Å². The normalized spacial score (nSPS) is 22.0. The maximum Gasteiger partial charge on any atom is 0.221 e. The van der Waals surface area contributed by atoms with Crippen LogP contribution in [0.25, 0.3) is 0 Å². The van der Waals surface area contributed by atoms with E-state index in [9.17, 15) is 4.79 Å². The standard InChI is InChI=1S/C12H19N3OS/c1-12(2,11-14-6-7-17-11)15-9-4-3-5-13-10(16)8-9/h6-7,9,15H,3-5,8H2,1-2H3,(H,13,16). The number of rotatable bonds is 3. The van der Waals surface area contributed by atoms with Crippen LogP contribution in [0.3, 0.4) is 0 Å². The Balaban J connectivity index is 2.01. The van der Waals surface area contributed by atoms with E-state index in [1.165, 1.54) is 0 Å². The molecule has 0 saturated carbocycles. The Kier molecular flexibility index (Phi) is 3.79. The number of aromatic nitrogens is 1. The van der Waals surface area contributed by atoms with Crippen LogP contribution in [-0.4, -0.2) is 23.5 Å². The van der Waals surface area contributed by atoms with Gasteiger partial charge in [-0.2, -0.15) is 0 Å². The molecule has 17 heavy (non-hydrogen) atoms. The number of thiazole rings is 1. The molecule has 94 valence electrons. The molecule has 5 heteroatoms. The van der Waals surface area contributed by atoms with Crippen molar-refractivity contribution >= 4 is 17.2 Å². The second-order valence-electron chi connectivity index (χ2n) is 5.00. The first-order valence-corrected chi connectivity index (χ1v) is 6.90. The van der Waals surface area contributed by atoms with E-state index in [1.807, 2.05) is 11.6 Å². The summed E-state index contributed by atoms with van der Waals surface area (Å²) in [7, 11) is 0. The zero-order valence-electron chi connectivity index (χ0n) is 10.3. The minimum absolute atomic E-state index is 0.148. The summed E-state index contributed by atoms with van der Waals surface area (Å²) in [5.41, 5.74) is -0.163. The molecule has 0 aliphatic carbocycles. The summed E-state index contributed by atoms with van der Waals surface area (Å²) in [5, 5.41) is 9.51. The molecule has 1 atom stereocenters. The van der Waals surface area contributed by atoms with E-state index in [0.29, 0.717) is 6.42 Å². The van der Waals surface area contributed by atoms with Gasteiger partial charge in [-0.1, -0.05) is 0 Å². The van der Waals surface area contributed by atoms with Crippen molar-refractivity contribution in [3.63, 3.8) is 0 Å². The molecule has 1 aliphatic heterocycles. The van der Waals surface area contributed by atoms with E-state index < -0.39 is 0 Å². The Morgan fingerprint density at radius 2 is 2.41 bits per heavy atom. The van der Waals surface area contributed by atoms with Crippen LogP contribution in [-0.2, 0) is 10.3 Å². The Labute approximate surface area is 106 Å². The quantitative estimate of drug-likeness (QED) is 0.861. The number of amides is 1. The summed E-state index contributed by atoms with van der Waals surface area (Å²) in [6, 6.07) is 0.247. The van der Waals surface area contributed by atoms with Crippen LogP contribution in [0, 0.1) is 0 Å². The first-order valence-electron chi connectivity index (χ1n) is 6.02. The summed E-state index contributed by atoms with van der Waals surface area (Å²) in [5.74, 6) is 0.148. The van der Waals surface area contributed by atoms with Gasteiger partial charge in [0.15, 0.2) is 0 Å². The van der Waals surface area contributed by atoms with Crippen molar-refractivity contribution in [2.24, 2.45) is 0 Å². The molecule has 0 radical (unpaired) electrons. The summed E-state index contributed by atoms with van der Waals surface area (Å²) in [4.78, 5) is 15.9. The second kappa shape index (κ2) is 5.14. The molecule has 1 fully saturated rings. The molecular weight excluding hydrogens is 234 g/mol. The molecule has 1 aromatic rings. The third-order valence-electron chi connectivity index (χ3n) is 3.02. The fraction of sp³-hybridized carbons (Fsp3) is 0.667. The van der Waals surface area contributed by atoms with E-state index in [-0.39, 0.29) is 17.5 Å². The molecule has 1 amide bonds. The molecule has 0 spiro atoms. The van der Waals surface area contributed by atoms with Gasteiger partial charge >= 0.3 is 0 Å². The molecule has 4 nitrogen and oxygen atoms in total. The van der Waals surface area contributed by atoms with Gasteiger partial charge in [-0.25, -0.2) is 4.98 Å². The predicted octanol–water partition coefficient (Wildman–Crippen LogP) is 1.64. The average Bonchev–Trinajstić information content (AvgIpc) is 2.71. The first-order chi connectivity index (χ1) is 8.08. The van der Waals surface area contributed by atoms with E-state index in [0.717, 1.165) is 24.4 Å². The number of hydrogen-bond acceptors (Lipinski definition) is 4. The van der Waals surface area contributed by atoms with Gasteiger partial charge in [0.25, 0.3) is 0 Å². The zero-order valence-corrected chi connectivity index (χ0v) is 11.1. The van der Waals surface area contributed by atoms with Crippen LogP contribution in [0.15, 0.2) is 11.6 Å². The average molecular weight is 253 g/mol. The van der Waals surface area contributed by atoms with Crippen molar-refractivity contribution in [2.45, 2.75) is 44.7 Å². The molecule has 0 aromatic carbocycles. The SMILES string of the molecule is CC(C)(NC1CCCNC(=O)C1)c1nccs1. The zero-order chi connectivity index (χ0) is 12.3. The number of carbonyl (C=O) groups is 1. The van der Waals surface area contributed by atoms with Gasteiger partial charge in [-0.05, 0) is 26.7 Å². The van der Waals surface area contributed by atoms with Gasteiger partial charge in [0, 0.05) is 30.6 Å². The smallest absolute Gasteiger partial charge is 0.221 e. The maximum atomic E-state index is 11.5. The minimum Gasteiger partial charge on any atom is -0.356 e. The van der Waals surface area contributed by atoms with Crippen LogP contribution in [0.5, 0.6) is 0 Å². The van der Waals surface area contributed by atoms with Crippen LogP contribution < -0.4 is 10.6 Å². The molecule has 1 aromatic heterocycles. The monoisotopic (exact) mass is 253 g/mol. The molecule has 1 aliphatic rings. The topological polar surface area (TPSA) is 54.0 Å². The van der Waals surface area contributed by atoms with Crippen LogP contribution in [0.2, 0.25) is 0 Å². The number of hydrogen-bond donors (Lipinski definition) is 2. The van der Waals surface area contributed by atoms with Gasteiger partial charge in [-0.15, -0.1) is 11.3 Å². The minimum atomic E-state index is -0.163. The lowest BCUT2D eigenvalue weighted by Gasteiger charge is -2.29. The lowest BCUT2D eigenvalue weighted by Crippen LogP contribution is -2.44. The third-order valence-corrected chi connectivity index (χ3v) is 4.11. The molecule has 2 N–H and O–H groups in total. The van der Waals surface area contributed by atoms with Crippen molar-refractivity contribution in [1.82, 2.24) is 15.6 Å². The highest BCUT2D eigenvalue weighted by Crippen LogP contribution is 2.24. The van der Waals surface area contributed by atoms with Crippen molar-refractivity contribution in [1.29, 1.82) is 0 Å². The van der Waals surface area contributed by atoms with E-state index >= 15 is 0 Å². The second-order valence-corrected chi connectivity index (χ2v) is 5.89. The van der Waals surface area contributed by atoms with Crippen LogP contribution in [0.1, 0.15) is 38.1 Å². The Hall–Kier alpha value is -0.940. The lowest BCUT2D eigenvalue weighted by molar-refractivity contribution is -0.121. The molecule has 2 heterocycles. The van der Waals surface area contributed by atoms with Gasteiger partial charge in [0.2, 0.25) is 5.91 Å². The molecule has 2 rings (SSSR count). The van der Waals surface area contributed by atoms with Crippen molar-refractivity contribution < 1.29 is 4.79 Å². The third kappa shape index (κ3) is 3.26. The predicted molar refractivity (Wildman–Crippen MR) is 68.9 cm³/mol. The molecule has 1 unspecified atom stereocenters. The Morgan fingerprint density at radius 3 is 3.12 bits per heavy atom. The molecule has 0 bridgehead atoms. The summed E-state index contributed by atoms with van der Waals surface area (Å²) in [6.07, 6.45) is 4.46. The van der Waals surface area contributed by atoms with E-state index in [2.05, 4.69) is 29.5 Å². The highest BCUT2D eigenvalue weighted by Gasteiger charge is 2.28.